The summed E-state index contributed by atoms with van der Waals surface area (Å²) in [6.07, 6.45) is 1.31. The highest BCUT2D eigenvalue weighted by atomic mass is 16.3. The summed E-state index contributed by atoms with van der Waals surface area (Å²) in [4.78, 5) is 0. The van der Waals surface area contributed by atoms with E-state index in [4.69, 9.17) is 0 Å². The summed E-state index contributed by atoms with van der Waals surface area (Å²) >= 11 is 0. The molecule has 2 nitrogen and oxygen atoms in total. The predicted molar refractivity (Wildman–Crippen MR) is 88.4 cm³/mol. The smallest absolute Gasteiger partial charge is 0.0851 e. The van der Waals surface area contributed by atoms with Crippen LogP contribution in [0.1, 0.15) is 25.0 Å². The molecule has 2 aromatic carbocycles. The summed E-state index contributed by atoms with van der Waals surface area (Å²) in [5.41, 5.74) is 1.57. The fourth-order valence-corrected chi connectivity index (χ4v) is 2.53. The normalized spacial score (nSPS) is 11.8. The quantitative estimate of drug-likeness (QED) is 0.818. The largest absolute Gasteiger partial charge is 0.388 e. The van der Waals surface area contributed by atoms with Crippen molar-refractivity contribution in [3.05, 3.63) is 71.8 Å². The first-order valence-electron chi connectivity index (χ1n) is 7.61. The first kappa shape index (κ1) is 15.7. The molecule has 0 aliphatic carbocycles. The van der Waals surface area contributed by atoms with E-state index in [1.807, 2.05) is 36.4 Å². The van der Waals surface area contributed by atoms with Crippen molar-refractivity contribution in [2.24, 2.45) is 0 Å². The van der Waals surface area contributed by atoms with Crippen LogP contribution >= 0.6 is 0 Å². The van der Waals surface area contributed by atoms with E-state index >= 15 is 0 Å². The van der Waals surface area contributed by atoms with E-state index < -0.39 is 5.60 Å². The van der Waals surface area contributed by atoms with Crippen LogP contribution in [0.5, 0.6) is 0 Å². The Bertz CT molecular complexity index is 480. The fraction of sp³-hybridized carbons (Fsp3) is 0.368. The molecule has 0 aromatic heterocycles. The van der Waals surface area contributed by atoms with Crippen molar-refractivity contribution in [2.45, 2.75) is 38.3 Å². The highest BCUT2D eigenvalue weighted by Crippen LogP contribution is 2.19. The maximum Gasteiger partial charge on any atom is 0.0851 e. The molecule has 2 aromatic rings. The van der Waals surface area contributed by atoms with Crippen LogP contribution in [0.3, 0.4) is 0 Å². The van der Waals surface area contributed by atoms with Gasteiger partial charge in [0.2, 0.25) is 0 Å². The Morgan fingerprint density at radius 3 is 1.67 bits per heavy atom. The zero-order valence-corrected chi connectivity index (χ0v) is 12.9. The van der Waals surface area contributed by atoms with E-state index in [9.17, 15) is 5.11 Å². The molecule has 0 atom stereocenters. The lowest BCUT2D eigenvalue weighted by atomic mass is 9.87. The average molecular weight is 283 g/mol. The molecule has 0 spiro atoms. The minimum Gasteiger partial charge on any atom is -0.388 e. The van der Waals surface area contributed by atoms with Gasteiger partial charge in [0.05, 0.1) is 5.60 Å². The summed E-state index contributed by atoms with van der Waals surface area (Å²) in [6.45, 7) is 4.80. The second kappa shape index (κ2) is 7.39. The van der Waals surface area contributed by atoms with Crippen LogP contribution in [-0.4, -0.2) is 23.3 Å². The molecule has 0 fully saturated rings. The molecule has 0 saturated heterocycles. The van der Waals surface area contributed by atoms with Gasteiger partial charge in [-0.1, -0.05) is 74.5 Å². The Kier molecular flexibility index (Phi) is 5.54. The lowest BCUT2D eigenvalue weighted by molar-refractivity contribution is 0.0390. The lowest BCUT2D eigenvalue weighted by Gasteiger charge is -2.30. The minimum absolute atomic E-state index is 0.364. The molecule has 0 bridgehead atoms. The van der Waals surface area contributed by atoms with Crippen LogP contribution in [0, 0.1) is 0 Å². The topological polar surface area (TPSA) is 32.3 Å². The molecule has 112 valence electrons. The van der Waals surface area contributed by atoms with Crippen LogP contribution in [-0.2, 0) is 12.8 Å². The SMILES string of the molecule is CC(C)NCC(O)(Cc1ccccc1)Cc1ccccc1. The monoisotopic (exact) mass is 283 g/mol. The molecule has 0 aliphatic rings. The van der Waals surface area contributed by atoms with Crippen LogP contribution in [0.4, 0.5) is 0 Å². The predicted octanol–water partition coefficient (Wildman–Crippen LogP) is 3.20. The third-order valence-electron chi connectivity index (χ3n) is 3.59. The second-order valence-corrected chi connectivity index (χ2v) is 6.08. The Hall–Kier alpha value is -1.64. The maximum atomic E-state index is 11.1. The summed E-state index contributed by atoms with van der Waals surface area (Å²) in [5.74, 6) is 0. The van der Waals surface area contributed by atoms with Crippen molar-refractivity contribution < 1.29 is 5.11 Å². The summed E-state index contributed by atoms with van der Waals surface area (Å²) < 4.78 is 0. The molecule has 0 radical (unpaired) electrons. The van der Waals surface area contributed by atoms with Crippen LogP contribution in [0.25, 0.3) is 0 Å². The Morgan fingerprint density at radius 2 is 1.29 bits per heavy atom. The van der Waals surface area contributed by atoms with Crippen molar-refractivity contribution in [2.75, 3.05) is 6.54 Å². The molecule has 2 heteroatoms. The molecule has 21 heavy (non-hydrogen) atoms. The highest BCUT2D eigenvalue weighted by molar-refractivity contribution is 5.21. The summed E-state index contributed by atoms with van der Waals surface area (Å²) in [6, 6.07) is 20.8. The third kappa shape index (κ3) is 5.33. The molecule has 2 rings (SSSR count). The van der Waals surface area contributed by atoms with Crippen molar-refractivity contribution in [3.8, 4) is 0 Å². The van der Waals surface area contributed by atoms with Crippen LogP contribution in [0.15, 0.2) is 60.7 Å². The van der Waals surface area contributed by atoms with Gasteiger partial charge in [-0.15, -0.1) is 0 Å². The Balaban J connectivity index is 2.13. The molecule has 2 N–H and O–H groups in total. The third-order valence-corrected chi connectivity index (χ3v) is 3.59. The van der Waals surface area contributed by atoms with Gasteiger partial charge in [0, 0.05) is 25.4 Å². The van der Waals surface area contributed by atoms with Crippen LogP contribution < -0.4 is 5.32 Å². The maximum absolute atomic E-state index is 11.1. The highest BCUT2D eigenvalue weighted by Gasteiger charge is 2.27. The summed E-state index contributed by atoms with van der Waals surface area (Å²) in [5, 5.41) is 14.5. The van der Waals surface area contributed by atoms with Crippen molar-refractivity contribution in [1.82, 2.24) is 5.32 Å². The number of hydrogen-bond donors (Lipinski definition) is 2. The van der Waals surface area contributed by atoms with Crippen molar-refractivity contribution >= 4 is 0 Å². The second-order valence-electron chi connectivity index (χ2n) is 6.08. The van der Waals surface area contributed by atoms with Crippen molar-refractivity contribution in [1.29, 1.82) is 0 Å². The first-order chi connectivity index (χ1) is 10.1. The van der Waals surface area contributed by atoms with Gasteiger partial charge < -0.3 is 10.4 Å². The average Bonchev–Trinajstić information content (AvgIpc) is 2.47. The lowest BCUT2D eigenvalue weighted by Crippen LogP contribution is -2.46. The zero-order valence-electron chi connectivity index (χ0n) is 12.9. The molecule has 0 heterocycles. The fourth-order valence-electron chi connectivity index (χ4n) is 2.53. The molecule has 0 unspecified atom stereocenters. The van der Waals surface area contributed by atoms with E-state index in [0.717, 1.165) is 0 Å². The minimum atomic E-state index is -0.771. The summed E-state index contributed by atoms with van der Waals surface area (Å²) in [7, 11) is 0. The van der Waals surface area contributed by atoms with E-state index in [-0.39, 0.29) is 0 Å². The number of hydrogen-bond acceptors (Lipinski definition) is 2. The number of rotatable bonds is 7. The first-order valence-corrected chi connectivity index (χ1v) is 7.61. The zero-order chi connectivity index (χ0) is 15.1. The molecule has 0 amide bonds. The van der Waals surface area contributed by atoms with Gasteiger partial charge in [-0.05, 0) is 11.1 Å². The van der Waals surface area contributed by atoms with Crippen molar-refractivity contribution in [3.63, 3.8) is 0 Å². The van der Waals surface area contributed by atoms with E-state index in [0.29, 0.717) is 25.4 Å². The molecular weight excluding hydrogens is 258 g/mol. The van der Waals surface area contributed by atoms with E-state index in [1.54, 1.807) is 0 Å². The van der Waals surface area contributed by atoms with Gasteiger partial charge in [0.25, 0.3) is 0 Å². The van der Waals surface area contributed by atoms with Crippen LogP contribution in [0.2, 0.25) is 0 Å². The number of aliphatic hydroxyl groups is 1. The Labute approximate surface area is 127 Å². The standard InChI is InChI=1S/C19H25NO/c1-16(2)20-15-19(21,13-17-9-5-3-6-10-17)14-18-11-7-4-8-12-18/h3-12,16,20-21H,13-15H2,1-2H3. The number of benzene rings is 2. The van der Waals surface area contributed by atoms with Gasteiger partial charge in [-0.2, -0.15) is 0 Å². The molecule has 0 aliphatic heterocycles. The van der Waals surface area contributed by atoms with Gasteiger partial charge in [0.1, 0.15) is 0 Å². The molecular formula is C19H25NO. The Morgan fingerprint density at radius 1 is 0.857 bits per heavy atom. The molecule has 0 saturated carbocycles. The van der Waals surface area contributed by atoms with E-state index in [1.165, 1.54) is 11.1 Å². The van der Waals surface area contributed by atoms with Gasteiger partial charge in [-0.25, -0.2) is 0 Å². The van der Waals surface area contributed by atoms with Gasteiger partial charge in [0.15, 0.2) is 0 Å². The van der Waals surface area contributed by atoms with E-state index in [2.05, 4.69) is 43.4 Å². The van der Waals surface area contributed by atoms with Gasteiger partial charge in [-0.3, -0.25) is 0 Å². The van der Waals surface area contributed by atoms with Gasteiger partial charge >= 0.3 is 0 Å². The number of nitrogens with one attached hydrogen (secondary N) is 1.